The van der Waals surface area contributed by atoms with E-state index in [9.17, 15) is 0 Å². The molecule has 3 heteroatoms. The Morgan fingerprint density at radius 3 is 2.92 bits per heavy atom. The van der Waals surface area contributed by atoms with Gasteiger partial charge in [-0.2, -0.15) is 5.10 Å². The van der Waals surface area contributed by atoms with Gasteiger partial charge in [0.15, 0.2) is 0 Å². The molecule has 0 saturated heterocycles. The Bertz CT molecular complexity index is 420. The van der Waals surface area contributed by atoms with Gasteiger partial charge in [-0.3, -0.25) is 0 Å². The lowest BCUT2D eigenvalue weighted by Crippen LogP contribution is -1.94. The fraction of sp³-hybridized carbons (Fsp3) is 0.100. The van der Waals surface area contributed by atoms with E-state index in [4.69, 9.17) is 11.6 Å². The largest absolute Gasteiger partial charge is 0.231 e. The van der Waals surface area contributed by atoms with Gasteiger partial charge in [0.25, 0.3) is 0 Å². The molecule has 0 fully saturated rings. The minimum absolute atomic E-state index is 0.707. The number of benzene rings is 1. The number of aryl methyl sites for hydroxylation is 1. The first kappa shape index (κ1) is 8.32. The van der Waals surface area contributed by atoms with E-state index >= 15 is 0 Å². The highest BCUT2D eigenvalue weighted by Crippen LogP contribution is 2.13. The third-order valence-corrected chi connectivity index (χ3v) is 1.94. The van der Waals surface area contributed by atoms with Crippen molar-refractivity contribution in [2.24, 2.45) is 0 Å². The molecule has 0 aliphatic carbocycles. The Hall–Kier alpha value is -1.28. The van der Waals surface area contributed by atoms with Crippen molar-refractivity contribution >= 4 is 11.6 Å². The van der Waals surface area contributed by atoms with Crippen LogP contribution in [0.5, 0.6) is 0 Å². The summed E-state index contributed by atoms with van der Waals surface area (Å²) >= 11 is 5.85. The van der Waals surface area contributed by atoms with Gasteiger partial charge in [0.1, 0.15) is 0 Å². The van der Waals surface area contributed by atoms with Gasteiger partial charge < -0.3 is 0 Å². The number of halogens is 1. The first-order valence-electron chi connectivity index (χ1n) is 3.96. The summed E-state index contributed by atoms with van der Waals surface area (Å²) in [6, 6.07) is 9.35. The third kappa shape index (κ3) is 1.73. The number of rotatable bonds is 1. The second kappa shape index (κ2) is 3.23. The van der Waals surface area contributed by atoms with Gasteiger partial charge in [-0.15, -0.1) is 0 Å². The topological polar surface area (TPSA) is 17.8 Å². The van der Waals surface area contributed by atoms with Crippen LogP contribution in [0, 0.1) is 13.1 Å². The van der Waals surface area contributed by atoms with Crippen LogP contribution in [0.1, 0.15) is 5.69 Å². The summed E-state index contributed by atoms with van der Waals surface area (Å²) in [5.74, 6) is 0. The van der Waals surface area contributed by atoms with Gasteiger partial charge in [-0.25, -0.2) is 4.68 Å². The maximum Gasteiger partial charge on any atom is 0.0929 e. The average molecular weight is 192 g/mol. The highest BCUT2D eigenvalue weighted by Gasteiger charge is 1.98. The van der Waals surface area contributed by atoms with E-state index in [0.717, 1.165) is 11.4 Å². The molecule has 2 nitrogen and oxygen atoms in total. The Morgan fingerprint density at radius 2 is 2.31 bits per heavy atom. The van der Waals surface area contributed by atoms with E-state index in [1.54, 1.807) is 4.68 Å². The van der Waals surface area contributed by atoms with Gasteiger partial charge in [-0.05, 0) is 31.2 Å². The molecule has 65 valence electrons. The Morgan fingerprint density at radius 1 is 1.46 bits per heavy atom. The monoisotopic (exact) mass is 191 g/mol. The highest BCUT2D eigenvalue weighted by molar-refractivity contribution is 6.30. The predicted molar refractivity (Wildman–Crippen MR) is 52.1 cm³/mol. The number of hydrogen-bond donors (Lipinski definition) is 0. The van der Waals surface area contributed by atoms with Crippen LogP contribution in [0.25, 0.3) is 5.69 Å². The molecule has 1 radical (unpaired) electrons. The molecule has 0 aliphatic heterocycles. The van der Waals surface area contributed by atoms with Crippen LogP contribution in [0.2, 0.25) is 5.02 Å². The van der Waals surface area contributed by atoms with E-state index in [2.05, 4.69) is 11.3 Å². The van der Waals surface area contributed by atoms with Gasteiger partial charge in [0, 0.05) is 5.02 Å². The molecule has 0 bridgehead atoms. The predicted octanol–water partition coefficient (Wildman–Crippen LogP) is 2.63. The fourth-order valence-corrected chi connectivity index (χ4v) is 1.29. The minimum Gasteiger partial charge on any atom is -0.231 e. The van der Waals surface area contributed by atoms with E-state index in [1.165, 1.54) is 0 Å². The van der Waals surface area contributed by atoms with Crippen molar-refractivity contribution in [1.29, 1.82) is 0 Å². The molecule has 0 aliphatic rings. The van der Waals surface area contributed by atoms with E-state index < -0.39 is 0 Å². The standard InChI is InChI=1S/C10H8ClN2/c1-8-5-6-13(12-8)10-4-2-3-9(11)7-10/h2-5,7H,1H3. The second-order valence-corrected chi connectivity index (χ2v) is 3.24. The Kier molecular flexibility index (Phi) is 2.07. The number of aromatic nitrogens is 2. The lowest BCUT2D eigenvalue weighted by molar-refractivity contribution is 0.857. The normalized spacial score (nSPS) is 10.3. The molecule has 2 rings (SSSR count). The van der Waals surface area contributed by atoms with Gasteiger partial charge in [0.05, 0.1) is 17.6 Å². The molecule has 1 aromatic carbocycles. The van der Waals surface area contributed by atoms with Gasteiger partial charge in [0.2, 0.25) is 0 Å². The van der Waals surface area contributed by atoms with E-state index in [1.807, 2.05) is 37.3 Å². The van der Waals surface area contributed by atoms with Crippen LogP contribution in [-0.2, 0) is 0 Å². The van der Waals surface area contributed by atoms with Crippen molar-refractivity contribution in [2.45, 2.75) is 6.92 Å². The van der Waals surface area contributed by atoms with Crippen molar-refractivity contribution in [3.8, 4) is 5.69 Å². The van der Waals surface area contributed by atoms with Crippen LogP contribution >= 0.6 is 11.6 Å². The number of nitrogens with zero attached hydrogens (tertiary/aromatic N) is 2. The van der Waals surface area contributed by atoms with Crippen molar-refractivity contribution < 1.29 is 0 Å². The molecule has 13 heavy (non-hydrogen) atoms. The van der Waals surface area contributed by atoms with Crippen molar-refractivity contribution in [1.82, 2.24) is 9.78 Å². The smallest absolute Gasteiger partial charge is 0.0929 e. The van der Waals surface area contributed by atoms with E-state index in [0.29, 0.717) is 5.02 Å². The second-order valence-electron chi connectivity index (χ2n) is 2.81. The zero-order chi connectivity index (χ0) is 9.26. The first-order valence-corrected chi connectivity index (χ1v) is 4.34. The number of hydrogen-bond acceptors (Lipinski definition) is 1. The molecule has 0 N–H and O–H groups in total. The molecular formula is C10H8ClN2. The lowest BCUT2D eigenvalue weighted by Gasteiger charge is -1.99. The third-order valence-electron chi connectivity index (χ3n) is 1.71. The van der Waals surface area contributed by atoms with Gasteiger partial charge >= 0.3 is 0 Å². The molecule has 0 saturated carbocycles. The average Bonchev–Trinajstić information content (AvgIpc) is 2.52. The summed E-state index contributed by atoms with van der Waals surface area (Å²) in [6.07, 6.45) is 3.00. The van der Waals surface area contributed by atoms with Crippen LogP contribution in [-0.4, -0.2) is 9.78 Å². The quantitative estimate of drug-likeness (QED) is 0.678. The van der Waals surface area contributed by atoms with Crippen molar-refractivity contribution in [3.05, 3.63) is 47.2 Å². The molecule has 0 unspecified atom stereocenters. The maximum atomic E-state index is 5.85. The van der Waals surface area contributed by atoms with Crippen molar-refractivity contribution in [2.75, 3.05) is 0 Å². The first-order chi connectivity index (χ1) is 6.25. The lowest BCUT2D eigenvalue weighted by atomic mass is 10.3. The summed E-state index contributed by atoms with van der Waals surface area (Å²) < 4.78 is 1.68. The minimum atomic E-state index is 0.707. The summed E-state index contributed by atoms with van der Waals surface area (Å²) in [4.78, 5) is 0. The maximum absolute atomic E-state index is 5.85. The summed E-state index contributed by atoms with van der Waals surface area (Å²) in [5, 5.41) is 4.93. The zero-order valence-electron chi connectivity index (χ0n) is 7.16. The zero-order valence-corrected chi connectivity index (χ0v) is 7.92. The molecule has 0 spiro atoms. The molecule has 0 atom stereocenters. The Labute approximate surface area is 81.8 Å². The summed E-state index contributed by atoms with van der Waals surface area (Å²) in [5.41, 5.74) is 1.88. The Balaban J connectivity index is 2.46. The van der Waals surface area contributed by atoms with Crippen LogP contribution < -0.4 is 0 Å². The SMILES string of the molecule is Cc1c[c]n(-c2cccc(Cl)c2)n1. The molecule has 0 amide bonds. The van der Waals surface area contributed by atoms with Gasteiger partial charge in [-0.1, -0.05) is 17.7 Å². The van der Waals surface area contributed by atoms with Crippen LogP contribution in [0.15, 0.2) is 30.3 Å². The molecule has 2 aromatic rings. The molecular weight excluding hydrogens is 184 g/mol. The fourth-order valence-electron chi connectivity index (χ4n) is 1.11. The summed E-state index contributed by atoms with van der Waals surface area (Å²) in [7, 11) is 0. The summed E-state index contributed by atoms with van der Waals surface area (Å²) in [6.45, 7) is 1.93. The van der Waals surface area contributed by atoms with Crippen LogP contribution in [0.3, 0.4) is 0 Å². The molecule has 1 aromatic heterocycles. The molecule has 1 heterocycles. The highest BCUT2D eigenvalue weighted by atomic mass is 35.5. The van der Waals surface area contributed by atoms with E-state index in [-0.39, 0.29) is 0 Å². The van der Waals surface area contributed by atoms with Crippen molar-refractivity contribution in [3.63, 3.8) is 0 Å². The van der Waals surface area contributed by atoms with Crippen LogP contribution in [0.4, 0.5) is 0 Å².